The molecule has 168 valence electrons. The lowest BCUT2D eigenvalue weighted by Crippen LogP contribution is -2.43. The first-order valence-corrected chi connectivity index (χ1v) is 10.9. The van der Waals surface area contributed by atoms with E-state index in [9.17, 15) is 18.4 Å². The van der Waals surface area contributed by atoms with Crippen molar-refractivity contribution in [2.24, 2.45) is 0 Å². The van der Waals surface area contributed by atoms with Gasteiger partial charge in [-0.3, -0.25) is 9.59 Å². The number of aromatic nitrogens is 1. The number of piperidine rings is 1. The molecule has 0 saturated carbocycles. The van der Waals surface area contributed by atoms with Crippen molar-refractivity contribution in [2.45, 2.75) is 25.5 Å². The molecule has 5 nitrogen and oxygen atoms in total. The molecule has 3 aromatic carbocycles. The third kappa shape index (κ3) is 4.06. The lowest BCUT2D eigenvalue weighted by Gasteiger charge is -2.32. The van der Waals surface area contributed by atoms with Gasteiger partial charge in [-0.2, -0.15) is 0 Å². The molecule has 0 unspecified atom stereocenters. The number of halogens is 2. The van der Waals surface area contributed by atoms with Crippen LogP contribution in [0.15, 0.2) is 71.5 Å². The first-order valence-electron chi connectivity index (χ1n) is 10.9. The van der Waals surface area contributed by atoms with Crippen molar-refractivity contribution in [1.29, 1.82) is 0 Å². The number of fused-ring (bicyclic) bond motifs is 2. The van der Waals surface area contributed by atoms with Crippen molar-refractivity contribution < 1.29 is 18.3 Å². The number of para-hydroxylation sites is 2. The Balaban J connectivity index is 1.34. The van der Waals surface area contributed by atoms with Gasteiger partial charge in [-0.25, -0.2) is 8.78 Å². The highest BCUT2D eigenvalue weighted by Crippen LogP contribution is 2.24. The van der Waals surface area contributed by atoms with E-state index >= 15 is 0 Å². The van der Waals surface area contributed by atoms with Gasteiger partial charge >= 0.3 is 0 Å². The average molecular weight is 448 g/mol. The minimum absolute atomic E-state index is 0.0207. The number of amides is 1. The molecule has 2 heterocycles. The molecule has 0 atom stereocenters. The molecule has 0 spiro atoms. The summed E-state index contributed by atoms with van der Waals surface area (Å²) >= 11 is 0. The van der Waals surface area contributed by atoms with Gasteiger partial charge in [0.25, 0.3) is 0 Å². The second-order valence-electron chi connectivity index (χ2n) is 8.22. The second-order valence-corrected chi connectivity index (χ2v) is 8.22. The Bertz CT molecular complexity index is 1350. The molecule has 0 radical (unpaired) electrons. The first-order chi connectivity index (χ1) is 16.0. The fourth-order valence-corrected chi connectivity index (χ4v) is 4.46. The Kier molecular flexibility index (Phi) is 5.54. The van der Waals surface area contributed by atoms with Crippen LogP contribution in [-0.4, -0.2) is 34.6 Å². The van der Waals surface area contributed by atoms with Gasteiger partial charge in [0.2, 0.25) is 5.91 Å². The van der Waals surface area contributed by atoms with E-state index in [1.54, 1.807) is 17.0 Å². The SMILES string of the molecule is O=C(Cn1c2ccccc2c(=O)c2ccccc21)N1CCC(Oc2ccc(F)cc2F)CC1. The number of carbonyl (C=O) groups excluding carboxylic acids is 1. The summed E-state index contributed by atoms with van der Waals surface area (Å²) in [7, 11) is 0. The normalized spacial score (nSPS) is 14.7. The molecular formula is C26H22F2N2O3. The average Bonchev–Trinajstić information content (AvgIpc) is 2.84. The van der Waals surface area contributed by atoms with Crippen LogP contribution in [0, 0.1) is 11.6 Å². The number of rotatable bonds is 4. The highest BCUT2D eigenvalue weighted by Gasteiger charge is 2.25. The maximum Gasteiger partial charge on any atom is 0.242 e. The van der Waals surface area contributed by atoms with Gasteiger partial charge in [0.05, 0.1) is 11.0 Å². The maximum absolute atomic E-state index is 13.9. The number of likely N-dealkylation sites (tertiary alicyclic amines) is 1. The smallest absolute Gasteiger partial charge is 0.242 e. The Morgan fingerprint density at radius 3 is 2.12 bits per heavy atom. The molecule has 0 aliphatic carbocycles. The number of pyridine rings is 1. The van der Waals surface area contributed by atoms with Gasteiger partial charge in [-0.1, -0.05) is 24.3 Å². The summed E-state index contributed by atoms with van der Waals surface area (Å²) in [6.45, 7) is 1.06. The number of benzene rings is 3. The summed E-state index contributed by atoms with van der Waals surface area (Å²) in [6.07, 6.45) is 0.852. The lowest BCUT2D eigenvalue weighted by molar-refractivity contribution is -0.133. The highest BCUT2D eigenvalue weighted by molar-refractivity contribution is 5.94. The lowest BCUT2D eigenvalue weighted by atomic mass is 10.1. The molecule has 1 amide bonds. The zero-order chi connectivity index (χ0) is 22.9. The van der Waals surface area contributed by atoms with Gasteiger partial charge in [-0.15, -0.1) is 0 Å². The van der Waals surface area contributed by atoms with Crippen LogP contribution < -0.4 is 10.2 Å². The van der Waals surface area contributed by atoms with Crippen LogP contribution in [0.25, 0.3) is 21.8 Å². The van der Waals surface area contributed by atoms with E-state index in [1.165, 1.54) is 6.07 Å². The van der Waals surface area contributed by atoms with Gasteiger partial charge in [-0.05, 0) is 36.4 Å². The van der Waals surface area contributed by atoms with E-state index in [4.69, 9.17) is 4.74 Å². The fourth-order valence-electron chi connectivity index (χ4n) is 4.46. The maximum atomic E-state index is 13.9. The van der Waals surface area contributed by atoms with Crippen LogP contribution in [0.3, 0.4) is 0 Å². The molecule has 1 aliphatic heterocycles. The summed E-state index contributed by atoms with van der Waals surface area (Å²) in [5.41, 5.74) is 1.40. The number of nitrogens with zero attached hydrogens (tertiary/aromatic N) is 2. The highest BCUT2D eigenvalue weighted by atomic mass is 19.1. The zero-order valence-electron chi connectivity index (χ0n) is 17.8. The monoisotopic (exact) mass is 448 g/mol. The molecule has 0 bridgehead atoms. The minimum Gasteiger partial charge on any atom is -0.487 e. The Labute approximate surface area is 188 Å². The Morgan fingerprint density at radius 1 is 0.909 bits per heavy atom. The Morgan fingerprint density at radius 2 is 1.52 bits per heavy atom. The summed E-state index contributed by atoms with van der Waals surface area (Å²) < 4.78 is 34.6. The predicted octanol–water partition coefficient (Wildman–Crippen LogP) is 4.50. The third-order valence-corrected chi connectivity index (χ3v) is 6.15. The molecule has 33 heavy (non-hydrogen) atoms. The topological polar surface area (TPSA) is 51.5 Å². The number of carbonyl (C=O) groups is 1. The van der Waals surface area contributed by atoms with Crippen molar-refractivity contribution in [2.75, 3.05) is 13.1 Å². The molecule has 1 saturated heterocycles. The van der Waals surface area contributed by atoms with Crippen LogP contribution in [0.4, 0.5) is 8.78 Å². The van der Waals surface area contributed by atoms with Gasteiger partial charge in [0, 0.05) is 42.8 Å². The fraction of sp³-hybridized carbons (Fsp3) is 0.231. The number of hydrogen-bond acceptors (Lipinski definition) is 3. The quantitative estimate of drug-likeness (QED) is 0.432. The van der Waals surface area contributed by atoms with E-state index in [2.05, 4.69) is 0 Å². The van der Waals surface area contributed by atoms with Crippen LogP contribution in [0.1, 0.15) is 12.8 Å². The molecular weight excluding hydrogens is 426 g/mol. The number of hydrogen-bond donors (Lipinski definition) is 0. The van der Waals surface area contributed by atoms with E-state index in [-0.39, 0.29) is 29.7 Å². The van der Waals surface area contributed by atoms with Crippen molar-refractivity contribution in [1.82, 2.24) is 9.47 Å². The van der Waals surface area contributed by atoms with Crippen molar-refractivity contribution in [3.8, 4) is 5.75 Å². The Hall–Kier alpha value is -3.74. The molecule has 7 heteroatoms. The minimum atomic E-state index is -0.731. The van der Waals surface area contributed by atoms with Gasteiger partial charge < -0.3 is 14.2 Å². The van der Waals surface area contributed by atoms with E-state index in [0.717, 1.165) is 23.2 Å². The van der Waals surface area contributed by atoms with E-state index in [1.807, 2.05) is 41.0 Å². The molecule has 0 N–H and O–H groups in total. The molecule has 1 aliphatic rings. The van der Waals surface area contributed by atoms with Crippen LogP contribution in [0.2, 0.25) is 0 Å². The van der Waals surface area contributed by atoms with Crippen LogP contribution >= 0.6 is 0 Å². The molecule has 1 fully saturated rings. The van der Waals surface area contributed by atoms with Crippen LogP contribution in [-0.2, 0) is 11.3 Å². The summed E-state index contributed by atoms with van der Waals surface area (Å²) in [4.78, 5) is 27.8. The first kappa shape index (κ1) is 21.1. The van der Waals surface area contributed by atoms with Crippen molar-refractivity contribution >= 4 is 27.7 Å². The molecule has 5 rings (SSSR count). The summed E-state index contributed by atoms with van der Waals surface area (Å²) in [5, 5.41) is 1.16. The van der Waals surface area contributed by atoms with Crippen molar-refractivity contribution in [3.63, 3.8) is 0 Å². The summed E-state index contributed by atoms with van der Waals surface area (Å²) in [5.74, 6) is -1.42. The standard InChI is InChI=1S/C26H22F2N2O3/c27-17-9-10-24(21(28)15-17)33-18-11-13-29(14-12-18)25(31)16-30-22-7-3-1-5-19(22)26(32)20-6-2-4-8-23(20)30/h1-10,15,18H,11-14,16H2. The zero-order valence-corrected chi connectivity index (χ0v) is 17.8. The molecule has 4 aromatic rings. The third-order valence-electron chi connectivity index (χ3n) is 6.15. The number of ether oxygens (including phenoxy) is 1. The largest absolute Gasteiger partial charge is 0.487 e. The van der Waals surface area contributed by atoms with Crippen LogP contribution in [0.5, 0.6) is 5.75 Å². The summed E-state index contributed by atoms with van der Waals surface area (Å²) in [6, 6.07) is 17.9. The second kappa shape index (κ2) is 8.65. The predicted molar refractivity (Wildman–Crippen MR) is 122 cm³/mol. The van der Waals surface area contributed by atoms with Crippen molar-refractivity contribution in [3.05, 3.63) is 88.6 Å². The van der Waals surface area contributed by atoms with E-state index < -0.39 is 11.6 Å². The van der Waals surface area contributed by atoms with E-state index in [0.29, 0.717) is 36.7 Å². The molecule has 1 aromatic heterocycles. The van der Waals surface area contributed by atoms with Gasteiger partial charge in [0.15, 0.2) is 17.0 Å². The van der Waals surface area contributed by atoms with Gasteiger partial charge in [0.1, 0.15) is 18.5 Å².